The van der Waals surface area contributed by atoms with Crippen LogP contribution in [0.25, 0.3) is 39.3 Å². The zero-order valence-corrected chi connectivity index (χ0v) is 24.4. The van der Waals surface area contributed by atoms with Gasteiger partial charge in [-0.25, -0.2) is 9.78 Å². The van der Waals surface area contributed by atoms with Gasteiger partial charge in [-0.3, -0.25) is 4.79 Å². The Bertz CT molecular complexity index is 1880. The molecule has 4 heterocycles. The number of aromatic nitrogens is 3. The summed E-state index contributed by atoms with van der Waals surface area (Å²) in [5, 5.41) is 17.0. The summed E-state index contributed by atoms with van der Waals surface area (Å²) in [6.07, 6.45) is 11.8. The predicted octanol–water partition coefficient (Wildman–Crippen LogP) is 5.70. The van der Waals surface area contributed by atoms with Crippen molar-refractivity contribution >= 4 is 39.9 Å². The van der Waals surface area contributed by atoms with E-state index in [2.05, 4.69) is 28.3 Å². The Balaban J connectivity index is 1.26. The second-order valence-electron chi connectivity index (χ2n) is 11.9. The zero-order valence-electron chi connectivity index (χ0n) is 24.4. The third-order valence-electron chi connectivity index (χ3n) is 9.32. The lowest BCUT2D eigenvalue weighted by Gasteiger charge is -2.29. The summed E-state index contributed by atoms with van der Waals surface area (Å²) in [5.74, 6) is 0.131. The molecule has 2 aromatic carbocycles. The number of aryl methyl sites for hydroxylation is 2. The lowest BCUT2D eigenvalue weighted by molar-refractivity contribution is -0.131. The monoisotopic (exact) mass is 577 g/mol. The number of carbonyl (C=O) groups is 2. The van der Waals surface area contributed by atoms with E-state index in [0.717, 1.165) is 46.1 Å². The smallest absolute Gasteiger partial charge is 0.328 e. The topological polar surface area (TPSA) is 114 Å². The van der Waals surface area contributed by atoms with Crippen LogP contribution in [0.2, 0.25) is 0 Å². The molecule has 2 aliphatic rings. The lowest BCUT2D eigenvalue weighted by atomic mass is 9.92. The van der Waals surface area contributed by atoms with E-state index in [0.29, 0.717) is 24.4 Å². The van der Waals surface area contributed by atoms with Crippen molar-refractivity contribution < 1.29 is 19.1 Å². The van der Waals surface area contributed by atoms with Gasteiger partial charge in [-0.05, 0) is 79.3 Å². The van der Waals surface area contributed by atoms with Gasteiger partial charge >= 0.3 is 5.97 Å². The number of aliphatic carboxylic acids is 1. The number of nitrogens with zero attached hydrogens (tertiary/aromatic N) is 3. The summed E-state index contributed by atoms with van der Waals surface area (Å²) < 4.78 is 9.68. The molecular weight excluding hydrogens is 542 g/mol. The molecule has 1 aliphatic carbocycles. The van der Waals surface area contributed by atoms with Crippen molar-refractivity contribution in [3.63, 3.8) is 0 Å². The number of hydrogen-bond donors (Lipinski definition) is 3. The van der Waals surface area contributed by atoms with Crippen LogP contribution in [-0.4, -0.2) is 44.2 Å². The number of rotatable bonds is 7. The molecule has 9 heteroatoms. The van der Waals surface area contributed by atoms with Crippen molar-refractivity contribution in [3.8, 4) is 11.3 Å². The highest BCUT2D eigenvalue weighted by molar-refractivity contribution is 6.01. The second kappa shape index (κ2) is 10.6. The average molecular weight is 578 g/mol. The van der Waals surface area contributed by atoms with Gasteiger partial charge < -0.3 is 29.3 Å². The number of carboxylic acids is 1. The number of benzene rings is 2. The molecule has 1 atom stereocenters. The third-order valence-corrected chi connectivity index (χ3v) is 9.32. The van der Waals surface area contributed by atoms with Gasteiger partial charge in [-0.15, -0.1) is 0 Å². The molecule has 7 rings (SSSR count). The largest absolute Gasteiger partial charge is 0.478 e. The number of furan rings is 1. The van der Waals surface area contributed by atoms with Gasteiger partial charge in [-0.1, -0.05) is 25.0 Å². The van der Waals surface area contributed by atoms with Crippen LogP contribution in [0.5, 0.6) is 0 Å². The normalized spacial score (nSPS) is 19.3. The average Bonchev–Trinajstić information content (AvgIpc) is 3.84. The van der Waals surface area contributed by atoms with E-state index in [1.807, 2.05) is 48.0 Å². The van der Waals surface area contributed by atoms with Crippen LogP contribution in [0.1, 0.15) is 65.3 Å². The van der Waals surface area contributed by atoms with Crippen molar-refractivity contribution in [2.45, 2.75) is 43.6 Å². The molecule has 220 valence electrons. The van der Waals surface area contributed by atoms with E-state index in [1.165, 1.54) is 42.3 Å². The number of nitrogens with one attached hydrogen (secondary N) is 2. The van der Waals surface area contributed by atoms with Crippen molar-refractivity contribution in [1.29, 1.82) is 0 Å². The number of amides is 1. The second-order valence-corrected chi connectivity index (χ2v) is 11.9. The van der Waals surface area contributed by atoms with Crippen LogP contribution in [0.15, 0.2) is 65.5 Å². The van der Waals surface area contributed by atoms with Crippen LogP contribution in [0.3, 0.4) is 0 Å². The molecule has 1 amide bonds. The molecule has 0 bridgehead atoms. The molecule has 1 aliphatic heterocycles. The number of fused-ring (bicyclic) bond motifs is 2. The van der Waals surface area contributed by atoms with E-state index >= 15 is 0 Å². The van der Waals surface area contributed by atoms with Crippen LogP contribution in [0, 0.1) is 0 Å². The summed E-state index contributed by atoms with van der Waals surface area (Å²) in [4.78, 5) is 29.9. The third kappa shape index (κ3) is 4.64. The highest BCUT2D eigenvalue weighted by Gasteiger charge is 2.41. The van der Waals surface area contributed by atoms with Gasteiger partial charge in [0.1, 0.15) is 11.4 Å². The van der Waals surface area contributed by atoms with E-state index < -0.39 is 11.5 Å². The fourth-order valence-electron chi connectivity index (χ4n) is 7.22. The first-order valence-corrected chi connectivity index (χ1v) is 14.9. The molecule has 0 radical (unpaired) electrons. The summed E-state index contributed by atoms with van der Waals surface area (Å²) in [6, 6.07) is 13.7. The highest BCUT2D eigenvalue weighted by Crippen LogP contribution is 2.45. The van der Waals surface area contributed by atoms with Crippen LogP contribution in [0.4, 0.5) is 0 Å². The Morgan fingerprint density at radius 3 is 2.65 bits per heavy atom. The van der Waals surface area contributed by atoms with E-state index in [1.54, 1.807) is 18.6 Å². The summed E-state index contributed by atoms with van der Waals surface area (Å²) in [7, 11) is 4.02. The minimum absolute atomic E-state index is 0.142. The van der Waals surface area contributed by atoms with Crippen molar-refractivity contribution in [3.05, 3.63) is 83.6 Å². The molecule has 1 saturated carbocycles. The zero-order chi connectivity index (χ0) is 29.7. The van der Waals surface area contributed by atoms with E-state index in [9.17, 15) is 9.59 Å². The molecule has 0 unspecified atom stereocenters. The quantitative estimate of drug-likeness (QED) is 0.214. The molecule has 5 aromatic rings. The van der Waals surface area contributed by atoms with Crippen molar-refractivity contribution in [1.82, 2.24) is 24.8 Å². The standard InChI is InChI=1S/C34H35N5O4/c1-38-27-18-23(9-10-25(27)30(22-5-3-4-6-22)31(38)24-13-16-43-19-24)32(42)37-34(14-15-35-20-34)33-36-26-11-7-21(8-12-29(40)41)17-28(26)39(33)2/h7-13,16-19,22,35H,3-6,14-15,20H2,1-2H3,(H,37,42)(H,40,41)/b12-8+/t34-/m0/s1. The fourth-order valence-corrected chi connectivity index (χ4v) is 7.22. The molecule has 0 spiro atoms. The van der Waals surface area contributed by atoms with Gasteiger partial charge in [0.2, 0.25) is 0 Å². The van der Waals surface area contributed by atoms with Crippen molar-refractivity contribution in [2.75, 3.05) is 13.1 Å². The Hall–Kier alpha value is -4.63. The Morgan fingerprint density at radius 2 is 1.93 bits per heavy atom. The van der Waals surface area contributed by atoms with Gasteiger partial charge in [0.25, 0.3) is 5.91 Å². The van der Waals surface area contributed by atoms with Gasteiger partial charge in [-0.2, -0.15) is 0 Å². The predicted molar refractivity (Wildman–Crippen MR) is 166 cm³/mol. The molecule has 1 saturated heterocycles. The maximum absolute atomic E-state index is 14.0. The first-order chi connectivity index (χ1) is 20.8. The Kier molecular flexibility index (Phi) is 6.69. The van der Waals surface area contributed by atoms with Crippen molar-refractivity contribution in [2.24, 2.45) is 14.1 Å². The first-order valence-electron chi connectivity index (χ1n) is 14.9. The first kappa shape index (κ1) is 27.2. The molecular formula is C34H35N5O4. The van der Waals surface area contributed by atoms with Gasteiger partial charge in [0.15, 0.2) is 0 Å². The maximum Gasteiger partial charge on any atom is 0.328 e. The van der Waals surface area contributed by atoms with Crippen LogP contribution >= 0.6 is 0 Å². The number of imidazole rings is 1. The molecule has 3 aromatic heterocycles. The SMILES string of the molecule is Cn1c([C@]2(NC(=O)c3ccc4c(C5CCCC5)c(-c5ccoc5)n(C)c4c3)CCNC2)nc2ccc(/C=C/C(=O)O)cc21. The summed E-state index contributed by atoms with van der Waals surface area (Å²) >= 11 is 0. The fraction of sp³-hybridized carbons (Fsp3) is 0.324. The maximum atomic E-state index is 14.0. The number of carbonyl (C=O) groups excluding carboxylic acids is 1. The molecule has 2 fully saturated rings. The summed E-state index contributed by atoms with van der Waals surface area (Å²) in [6.45, 7) is 1.32. The van der Waals surface area contributed by atoms with E-state index in [4.69, 9.17) is 14.5 Å². The lowest BCUT2D eigenvalue weighted by Crippen LogP contribution is -2.49. The number of hydrogen-bond acceptors (Lipinski definition) is 5. The number of carboxylic acid groups (broad SMARTS) is 1. The van der Waals surface area contributed by atoms with E-state index in [-0.39, 0.29) is 5.91 Å². The Morgan fingerprint density at radius 1 is 1.09 bits per heavy atom. The minimum atomic E-state index is -0.995. The minimum Gasteiger partial charge on any atom is -0.478 e. The molecule has 43 heavy (non-hydrogen) atoms. The van der Waals surface area contributed by atoms with Crippen LogP contribution in [-0.2, 0) is 24.4 Å². The molecule has 9 nitrogen and oxygen atoms in total. The van der Waals surface area contributed by atoms with Gasteiger partial charge in [0.05, 0.1) is 29.3 Å². The summed E-state index contributed by atoms with van der Waals surface area (Å²) in [5.41, 5.74) is 6.98. The molecule has 3 N–H and O–H groups in total. The van der Waals surface area contributed by atoms with Gasteiger partial charge in [0, 0.05) is 48.7 Å². The highest BCUT2D eigenvalue weighted by atomic mass is 16.4. The van der Waals surface area contributed by atoms with Crippen LogP contribution < -0.4 is 10.6 Å². The Labute approximate surface area is 249 Å².